The van der Waals surface area contributed by atoms with Gasteiger partial charge < -0.3 is 14.3 Å². The maximum absolute atomic E-state index is 12.2. The lowest BCUT2D eigenvalue weighted by Crippen LogP contribution is -2.37. The molecule has 0 unspecified atom stereocenters. The third-order valence-electron chi connectivity index (χ3n) is 3.49. The molecule has 24 heavy (non-hydrogen) atoms. The highest BCUT2D eigenvalue weighted by Crippen LogP contribution is 2.29. The predicted octanol–water partition coefficient (Wildman–Crippen LogP) is 3.13. The molecule has 1 amide bonds. The summed E-state index contributed by atoms with van der Waals surface area (Å²) in [7, 11) is 0. The van der Waals surface area contributed by atoms with Crippen molar-refractivity contribution in [2.75, 3.05) is 19.8 Å². The van der Waals surface area contributed by atoms with Crippen LogP contribution in [0, 0.1) is 0 Å². The summed E-state index contributed by atoms with van der Waals surface area (Å²) >= 11 is 0. The minimum atomic E-state index is -1.51. The lowest BCUT2D eigenvalue weighted by Gasteiger charge is -2.23. The van der Waals surface area contributed by atoms with Crippen LogP contribution in [0.1, 0.15) is 26.5 Å². The first kappa shape index (κ1) is 17.7. The summed E-state index contributed by atoms with van der Waals surface area (Å²) in [5.74, 6) is -2.06. The van der Waals surface area contributed by atoms with Gasteiger partial charge in [0, 0.05) is 12.0 Å². The molecule has 6 nitrogen and oxygen atoms in total. The Morgan fingerprint density at radius 3 is 2.54 bits per heavy atom. The Balaban J connectivity index is 2.46. The second-order valence-corrected chi connectivity index (χ2v) is 5.46. The first-order chi connectivity index (χ1) is 11.5. The molecule has 1 aromatic heterocycles. The van der Waals surface area contributed by atoms with E-state index in [-0.39, 0.29) is 13.2 Å². The zero-order valence-electron chi connectivity index (χ0n) is 14.0. The lowest BCUT2D eigenvalue weighted by molar-refractivity contribution is -0.154. The van der Waals surface area contributed by atoms with Gasteiger partial charge in [0.2, 0.25) is 0 Å². The van der Waals surface area contributed by atoms with E-state index in [1.807, 2.05) is 45.0 Å². The third kappa shape index (κ3) is 3.83. The Bertz CT molecular complexity index is 738. The highest BCUT2D eigenvalue weighted by atomic mass is 16.5. The molecule has 0 radical (unpaired) electrons. The summed E-state index contributed by atoms with van der Waals surface area (Å²) < 4.78 is 11.1. The molecule has 0 aliphatic heterocycles. The molecule has 128 valence electrons. The number of aliphatic carboxylic acids is 1. The average Bonchev–Trinajstić information content (AvgIpc) is 2.96. The largest absolute Gasteiger partial charge is 0.474 e. The number of furan rings is 1. The van der Waals surface area contributed by atoms with Gasteiger partial charge in [-0.3, -0.25) is 9.69 Å². The summed E-state index contributed by atoms with van der Waals surface area (Å²) in [6.45, 7) is 6.33. The number of carboxylic acid groups (broad SMARTS) is 1. The number of carbonyl (C=O) groups excluding carboxylic acids is 1. The van der Waals surface area contributed by atoms with Crippen LogP contribution in [0.5, 0.6) is 0 Å². The van der Waals surface area contributed by atoms with Gasteiger partial charge in [-0.1, -0.05) is 18.2 Å². The van der Waals surface area contributed by atoms with E-state index < -0.39 is 11.9 Å². The van der Waals surface area contributed by atoms with E-state index in [0.717, 1.165) is 11.0 Å². The first-order valence-electron chi connectivity index (χ1n) is 7.74. The van der Waals surface area contributed by atoms with Gasteiger partial charge in [-0.05, 0) is 38.5 Å². The Hall–Kier alpha value is -2.60. The third-order valence-corrected chi connectivity index (χ3v) is 3.49. The maximum atomic E-state index is 12.2. The lowest BCUT2D eigenvalue weighted by atomic mass is 10.1. The van der Waals surface area contributed by atoms with Gasteiger partial charge >= 0.3 is 11.9 Å². The number of para-hydroxylation sites is 1. The number of benzene rings is 1. The number of ether oxygens (including phenoxy) is 1. The first-order valence-corrected chi connectivity index (χ1v) is 7.74. The number of carboxylic acids is 1. The number of carbonyl (C=O) groups is 2. The Labute approximate surface area is 140 Å². The zero-order valence-corrected chi connectivity index (χ0v) is 14.0. The van der Waals surface area contributed by atoms with Crippen LogP contribution in [0.4, 0.5) is 0 Å². The molecule has 0 fully saturated rings. The van der Waals surface area contributed by atoms with E-state index in [1.165, 1.54) is 4.90 Å². The van der Waals surface area contributed by atoms with Gasteiger partial charge in [-0.15, -0.1) is 0 Å². The normalized spacial score (nSPS) is 10.6. The number of fused-ring (bicyclic) bond motifs is 1. The topological polar surface area (TPSA) is 80.0 Å². The van der Waals surface area contributed by atoms with Crippen LogP contribution < -0.4 is 0 Å². The molecule has 0 saturated heterocycles. The van der Waals surface area contributed by atoms with Gasteiger partial charge in [-0.25, -0.2) is 4.79 Å². The summed E-state index contributed by atoms with van der Waals surface area (Å²) in [4.78, 5) is 24.6. The molecule has 6 heteroatoms. The van der Waals surface area contributed by atoms with Gasteiger partial charge in [0.1, 0.15) is 5.58 Å². The molecular weight excluding hydrogens is 310 g/mol. The van der Waals surface area contributed by atoms with Crippen LogP contribution in [0.25, 0.3) is 16.7 Å². The second-order valence-electron chi connectivity index (χ2n) is 5.46. The number of allylic oxidation sites excluding steroid dienone is 1. The highest BCUT2D eigenvalue weighted by molar-refractivity contribution is 6.33. The molecule has 1 N–H and O–H groups in total. The monoisotopic (exact) mass is 331 g/mol. The van der Waals surface area contributed by atoms with E-state index in [4.69, 9.17) is 14.3 Å². The minimum absolute atomic E-state index is 0.135. The SMILES string of the molecule is CCOCCN(C(=O)C(=O)O)C(=C(C)C)c1cc2ccccc2o1. The van der Waals surface area contributed by atoms with Gasteiger partial charge in [0.05, 0.1) is 18.8 Å². The fourth-order valence-corrected chi connectivity index (χ4v) is 2.48. The smallest absolute Gasteiger partial charge is 0.394 e. The molecule has 0 aliphatic carbocycles. The van der Waals surface area contributed by atoms with E-state index in [2.05, 4.69) is 0 Å². The molecule has 2 rings (SSSR count). The quantitative estimate of drug-likeness (QED) is 0.650. The van der Waals surface area contributed by atoms with Gasteiger partial charge in [0.15, 0.2) is 5.76 Å². The van der Waals surface area contributed by atoms with E-state index in [0.29, 0.717) is 23.6 Å². The van der Waals surface area contributed by atoms with Crippen molar-refractivity contribution in [1.82, 2.24) is 4.90 Å². The van der Waals surface area contributed by atoms with E-state index >= 15 is 0 Å². The Kier molecular flexibility index (Phi) is 5.76. The number of hydrogen-bond donors (Lipinski definition) is 1. The highest BCUT2D eigenvalue weighted by Gasteiger charge is 2.27. The molecule has 2 aromatic rings. The summed E-state index contributed by atoms with van der Waals surface area (Å²) in [5.41, 5.74) is 1.91. The van der Waals surface area contributed by atoms with Crippen LogP contribution in [0.2, 0.25) is 0 Å². The predicted molar refractivity (Wildman–Crippen MR) is 90.3 cm³/mol. The summed E-state index contributed by atoms with van der Waals surface area (Å²) in [5, 5.41) is 10.0. The molecule has 0 atom stereocenters. The fourth-order valence-electron chi connectivity index (χ4n) is 2.48. The van der Waals surface area contributed by atoms with Crippen molar-refractivity contribution in [3.05, 3.63) is 41.7 Å². The molecule has 1 aromatic carbocycles. The summed E-state index contributed by atoms with van der Waals surface area (Å²) in [6, 6.07) is 9.27. The van der Waals surface area contributed by atoms with Crippen molar-refractivity contribution >= 4 is 28.5 Å². The number of hydrogen-bond acceptors (Lipinski definition) is 4. The second kappa shape index (κ2) is 7.79. The molecule has 0 bridgehead atoms. The minimum Gasteiger partial charge on any atom is -0.474 e. The van der Waals surface area contributed by atoms with Crippen LogP contribution >= 0.6 is 0 Å². The van der Waals surface area contributed by atoms with Crippen molar-refractivity contribution in [1.29, 1.82) is 0 Å². The molecule has 1 heterocycles. The Morgan fingerprint density at radius 1 is 1.25 bits per heavy atom. The van der Waals surface area contributed by atoms with Crippen LogP contribution in [0.15, 0.2) is 40.3 Å². The molecule has 0 aliphatic rings. The van der Waals surface area contributed by atoms with E-state index in [9.17, 15) is 9.59 Å². The Morgan fingerprint density at radius 2 is 1.96 bits per heavy atom. The fraction of sp³-hybridized carbons (Fsp3) is 0.333. The average molecular weight is 331 g/mol. The summed E-state index contributed by atoms with van der Waals surface area (Å²) in [6.07, 6.45) is 0. The van der Waals surface area contributed by atoms with Crippen molar-refractivity contribution in [3.63, 3.8) is 0 Å². The van der Waals surface area contributed by atoms with Crippen molar-refractivity contribution < 1.29 is 23.8 Å². The van der Waals surface area contributed by atoms with Crippen molar-refractivity contribution in [2.45, 2.75) is 20.8 Å². The zero-order chi connectivity index (χ0) is 17.7. The number of nitrogens with zero attached hydrogens (tertiary/aromatic N) is 1. The van der Waals surface area contributed by atoms with E-state index in [1.54, 1.807) is 6.07 Å². The van der Waals surface area contributed by atoms with Crippen LogP contribution in [-0.4, -0.2) is 41.6 Å². The van der Waals surface area contributed by atoms with Gasteiger partial charge in [-0.2, -0.15) is 0 Å². The maximum Gasteiger partial charge on any atom is 0.394 e. The molecule has 0 saturated carbocycles. The number of amides is 1. The van der Waals surface area contributed by atoms with Crippen LogP contribution in [-0.2, 0) is 14.3 Å². The van der Waals surface area contributed by atoms with Crippen molar-refractivity contribution in [2.24, 2.45) is 0 Å². The van der Waals surface area contributed by atoms with Crippen molar-refractivity contribution in [3.8, 4) is 0 Å². The standard InChI is InChI=1S/C18H21NO5/c1-4-23-10-9-19(17(20)18(21)22)16(12(2)3)15-11-13-7-5-6-8-14(13)24-15/h5-8,11H,4,9-10H2,1-3H3,(H,21,22). The molecule has 0 spiro atoms. The van der Waals surface area contributed by atoms with Gasteiger partial charge in [0.25, 0.3) is 0 Å². The van der Waals surface area contributed by atoms with Crippen LogP contribution in [0.3, 0.4) is 0 Å². The number of rotatable bonds is 6. The molecular formula is C18H21NO5.